The second-order valence-electron chi connectivity index (χ2n) is 5.68. The maximum absolute atomic E-state index is 12.2. The van der Waals surface area contributed by atoms with Crippen molar-refractivity contribution < 1.29 is 14.6 Å². The van der Waals surface area contributed by atoms with Gasteiger partial charge in [0.2, 0.25) is 5.91 Å². The van der Waals surface area contributed by atoms with E-state index in [1.165, 1.54) is 0 Å². The van der Waals surface area contributed by atoms with Crippen LogP contribution in [0.4, 0.5) is 0 Å². The van der Waals surface area contributed by atoms with Gasteiger partial charge in [-0.05, 0) is 19.3 Å². The van der Waals surface area contributed by atoms with Crippen molar-refractivity contribution in [3.8, 4) is 0 Å². The predicted molar refractivity (Wildman–Crippen MR) is 78.6 cm³/mol. The standard InChI is InChI=1S/C15H25N3O3/c1-17-9-7-16-15(17)14(20)12-5-3-8-18(11-12)13(19)6-4-10-21-2/h7,9,12,14,20H,3-6,8,10-11H2,1-2H3. The number of aromatic nitrogens is 2. The molecular weight excluding hydrogens is 270 g/mol. The number of carbonyl (C=O) groups excluding carboxylic acids is 1. The number of nitrogens with zero attached hydrogens (tertiary/aromatic N) is 3. The molecule has 2 atom stereocenters. The molecule has 2 rings (SSSR count). The van der Waals surface area contributed by atoms with E-state index >= 15 is 0 Å². The van der Waals surface area contributed by atoms with Gasteiger partial charge in [0.05, 0.1) is 0 Å². The first-order chi connectivity index (χ1) is 10.1. The third-order valence-corrected chi connectivity index (χ3v) is 4.12. The number of aryl methyl sites for hydroxylation is 1. The van der Waals surface area contributed by atoms with E-state index in [0.717, 1.165) is 25.8 Å². The van der Waals surface area contributed by atoms with Crippen LogP contribution in [0.25, 0.3) is 0 Å². The normalized spacial score (nSPS) is 20.5. The van der Waals surface area contributed by atoms with Crippen LogP contribution in [0, 0.1) is 5.92 Å². The molecule has 1 aromatic heterocycles. The van der Waals surface area contributed by atoms with Crippen molar-refractivity contribution in [1.29, 1.82) is 0 Å². The van der Waals surface area contributed by atoms with Gasteiger partial charge in [0.25, 0.3) is 0 Å². The Morgan fingerprint density at radius 2 is 2.43 bits per heavy atom. The average molecular weight is 295 g/mol. The van der Waals surface area contributed by atoms with Gasteiger partial charge in [-0.2, -0.15) is 0 Å². The predicted octanol–water partition coefficient (Wildman–Crippen LogP) is 1.12. The number of hydrogen-bond donors (Lipinski definition) is 1. The number of piperidine rings is 1. The second kappa shape index (κ2) is 7.56. The Bertz CT molecular complexity index is 461. The SMILES string of the molecule is COCCCC(=O)N1CCCC(C(O)c2nccn2C)C1. The molecule has 0 spiro atoms. The van der Waals surface area contributed by atoms with Gasteiger partial charge in [-0.25, -0.2) is 4.98 Å². The molecule has 1 amide bonds. The Kier molecular flexibility index (Phi) is 5.76. The molecule has 1 aromatic rings. The Morgan fingerprint density at radius 3 is 3.10 bits per heavy atom. The number of aliphatic hydroxyl groups is 1. The molecule has 0 aliphatic carbocycles. The Morgan fingerprint density at radius 1 is 1.62 bits per heavy atom. The molecule has 1 aliphatic heterocycles. The number of rotatable bonds is 6. The summed E-state index contributed by atoms with van der Waals surface area (Å²) in [7, 11) is 3.52. The molecule has 118 valence electrons. The third kappa shape index (κ3) is 4.04. The molecule has 0 bridgehead atoms. The average Bonchev–Trinajstić information content (AvgIpc) is 2.93. The number of carbonyl (C=O) groups is 1. The summed E-state index contributed by atoms with van der Waals surface area (Å²) < 4.78 is 6.82. The number of aliphatic hydroxyl groups excluding tert-OH is 1. The highest BCUT2D eigenvalue weighted by molar-refractivity contribution is 5.76. The fourth-order valence-corrected chi connectivity index (χ4v) is 2.89. The van der Waals surface area contributed by atoms with E-state index in [1.807, 2.05) is 22.7 Å². The monoisotopic (exact) mass is 295 g/mol. The summed E-state index contributed by atoms with van der Waals surface area (Å²) in [5.74, 6) is 0.892. The first-order valence-electron chi connectivity index (χ1n) is 7.55. The smallest absolute Gasteiger partial charge is 0.222 e. The van der Waals surface area contributed by atoms with Crippen molar-refractivity contribution in [1.82, 2.24) is 14.5 Å². The van der Waals surface area contributed by atoms with Crippen molar-refractivity contribution in [2.45, 2.75) is 31.8 Å². The summed E-state index contributed by atoms with van der Waals surface area (Å²) in [6.45, 7) is 2.01. The highest BCUT2D eigenvalue weighted by atomic mass is 16.5. The summed E-state index contributed by atoms with van der Waals surface area (Å²) in [6.07, 6.45) is 6.03. The van der Waals surface area contributed by atoms with Gasteiger partial charge in [-0.15, -0.1) is 0 Å². The van der Waals surface area contributed by atoms with E-state index in [1.54, 1.807) is 13.3 Å². The van der Waals surface area contributed by atoms with Crippen LogP contribution in [0.1, 0.15) is 37.6 Å². The third-order valence-electron chi connectivity index (χ3n) is 4.12. The summed E-state index contributed by atoms with van der Waals surface area (Å²) in [5.41, 5.74) is 0. The first-order valence-corrected chi connectivity index (χ1v) is 7.55. The van der Waals surface area contributed by atoms with Crippen LogP contribution >= 0.6 is 0 Å². The van der Waals surface area contributed by atoms with Crippen molar-refractivity contribution in [2.75, 3.05) is 26.8 Å². The Labute approximate surface area is 125 Å². The molecule has 21 heavy (non-hydrogen) atoms. The lowest BCUT2D eigenvalue weighted by Crippen LogP contribution is -2.42. The number of hydrogen-bond acceptors (Lipinski definition) is 4. The molecule has 1 aliphatic rings. The maximum atomic E-state index is 12.2. The van der Waals surface area contributed by atoms with Gasteiger partial charge in [-0.3, -0.25) is 4.79 Å². The van der Waals surface area contributed by atoms with Crippen LogP contribution in [0.5, 0.6) is 0 Å². The zero-order chi connectivity index (χ0) is 15.2. The quantitative estimate of drug-likeness (QED) is 0.799. The summed E-state index contributed by atoms with van der Waals surface area (Å²) in [6, 6.07) is 0. The number of likely N-dealkylation sites (tertiary alicyclic amines) is 1. The van der Waals surface area contributed by atoms with E-state index in [-0.39, 0.29) is 11.8 Å². The second-order valence-corrected chi connectivity index (χ2v) is 5.68. The molecule has 6 nitrogen and oxygen atoms in total. The molecule has 1 N–H and O–H groups in total. The molecule has 0 saturated carbocycles. The molecule has 0 aromatic carbocycles. The number of imidazole rings is 1. The molecule has 1 saturated heterocycles. The lowest BCUT2D eigenvalue weighted by Gasteiger charge is -2.35. The van der Waals surface area contributed by atoms with Crippen LogP contribution in [0.15, 0.2) is 12.4 Å². The fraction of sp³-hybridized carbons (Fsp3) is 0.733. The number of ether oxygens (including phenoxy) is 1. The number of amides is 1. The largest absolute Gasteiger partial charge is 0.385 e. The van der Waals surface area contributed by atoms with E-state index in [0.29, 0.717) is 25.4 Å². The van der Waals surface area contributed by atoms with Crippen molar-refractivity contribution in [2.24, 2.45) is 13.0 Å². The zero-order valence-electron chi connectivity index (χ0n) is 12.9. The minimum Gasteiger partial charge on any atom is -0.385 e. The van der Waals surface area contributed by atoms with Crippen LogP contribution in [0.2, 0.25) is 0 Å². The summed E-state index contributed by atoms with van der Waals surface area (Å²) in [4.78, 5) is 18.2. The van der Waals surface area contributed by atoms with Gasteiger partial charge in [0, 0.05) is 58.6 Å². The van der Waals surface area contributed by atoms with Crippen LogP contribution in [-0.2, 0) is 16.6 Å². The van der Waals surface area contributed by atoms with E-state index in [9.17, 15) is 9.90 Å². The topological polar surface area (TPSA) is 67.6 Å². The summed E-state index contributed by atoms with van der Waals surface area (Å²) in [5, 5.41) is 10.5. The molecule has 6 heteroatoms. The Balaban J connectivity index is 1.91. The molecular formula is C15H25N3O3. The van der Waals surface area contributed by atoms with Crippen molar-refractivity contribution in [3.63, 3.8) is 0 Å². The van der Waals surface area contributed by atoms with E-state index in [2.05, 4.69) is 4.98 Å². The van der Waals surface area contributed by atoms with E-state index in [4.69, 9.17) is 4.74 Å². The van der Waals surface area contributed by atoms with Gasteiger partial charge >= 0.3 is 0 Å². The van der Waals surface area contributed by atoms with Crippen LogP contribution in [-0.4, -0.2) is 52.3 Å². The number of methoxy groups -OCH3 is 1. The van der Waals surface area contributed by atoms with Gasteiger partial charge in [0.1, 0.15) is 11.9 Å². The van der Waals surface area contributed by atoms with Crippen LogP contribution < -0.4 is 0 Å². The molecule has 2 heterocycles. The zero-order valence-corrected chi connectivity index (χ0v) is 12.9. The van der Waals surface area contributed by atoms with Gasteiger partial charge < -0.3 is 19.3 Å². The molecule has 1 fully saturated rings. The van der Waals surface area contributed by atoms with Crippen LogP contribution in [0.3, 0.4) is 0 Å². The lowest BCUT2D eigenvalue weighted by atomic mass is 9.91. The molecule has 0 radical (unpaired) electrons. The maximum Gasteiger partial charge on any atom is 0.222 e. The minimum absolute atomic E-state index is 0.0613. The Hall–Kier alpha value is -1.40. The van der Waals surface area contributed by atoms with Crippen molar-refractivity contribution >= 4 is 5.91 Å². The molecule has 2 unspecified atom stereocenters. The highest BCUT2D eigenvalue weighted by Crippen LogP contribution is 2.29. The van der Waals surface area contributed by atoms with E-state index < -0.39 is 6.10 Å². The van der Waals surface area contributed by atoms with Crippen molar-refractivity contribution in [3.05, 3.63) is 18.2 Å². The highest BCUT2D eigenvalue weighted by Gasteiger charge is 2.30. The first kappa shape index (κ1) is 16.0. The minimum atomic E-state index is -0.612. The summed E-state index contributed by atoms with van der Waals surface area (Å²) >= 11 is 0. The van der Waals surface area contributed by atoms with Gasteiger partial charge in [0.15, 0.2) is 0 Å². The lowest BCUT2D eigenvalue weighted by molar-refractivity contribution is -0.134. The van der Waals surface area contributed by atoms with Gasteiger partial charge in [-0.1, -0.05) is 0 Å². The fourth-order valence-electron chi connectivity index (χ4n) is 2.89.